The molecule has 1 atom stereocenters. The molecule has 1 heterocycles. The van der Waals surface area contributed by atoms with Gasteiger partial charge in [-0.15, -0.1) is 0 Å². The maximum absolute atomic E-state index is 10.0. The molecule has 110 valence electrons. The van der Waals surface area contributed by atoms with Crippen LogP contribution in [0.4, 0.5) is 5.69 Å². The number of fused-ring (bicyclic) bond motifs is 1. The van der Waals surface area contributed by atoms with Crippen molar-refractivity contribution in [3.63, 3.8) is 0 Å². The molecule has 0 spiro atoms. The van der Waals surface area contributed by atoms with Crippen molar-refractivity contribution in [1.82, 2.24) is 0 Å². The van der Waals surface area contributed by atoms with Gasteiger partial charge >= 0.3 is 0 Å². The Morgan fingerprint density at radius 2 is 1.95 bits per heavy atom. The van der Waals surface area contributed by atoms with Gasteiger partial charge in [0, 0.05) is 0 Å². The number of nitrogens with one attached hydrogen (secondary N) is 1. The first-order chi connectivity index (χ1) is 10.3. The van der Waals surface area contributed by atoms with Gasteiger partial charge in [-0.2, -0.15) is 0 Å². The lowest BCUT2D eigenvalue weighted by atomic mass is 9.85. The zero-order valence-electron chi connectivity index (χ0n) is 12.0. The van der Waals surface area contributed by atoms with E-state index >= 15 is 0 Å². The van der Waals surface area contributed by atoms with Crippen LogP contribution in [0.2, 0.25) is 0 Å². The average Bonchev–Trinajstić information content (AvgIpc) is 2.55. The molecule has 0 amide bonds. The predicted octanol–water partition coefficient (Wildman–Crippen LogP) is 2.53. The van der Waals surface area contributed by atoms with Crippen molar-refractivity contribution in [1.29, 1.82) is 0 Å². The fourth-order valence-electron chi connectivity index (χ4n) is 2.81. The first-order valence-electron chi connectivity index (χ1n) is 6.97. The van der Waals surface area contributed by atoms with E-state index in [9.17, 15) is 5.11 Å². The number of aliphatic hydroxyl groups is 1. The summed E-state index contributed by atoms with van der Waals surface area (Å²) in [6.45, 7) is 0.937. The van der Waals surface area contributed by atoms with E-state index in [0.29, 0.717) is 13.2 Å². The first kappa shape index (κ1) is 13.9. The molecular weight excluding hydrogens is 266 g/mol. The number of para-hydroxylation sites is 2. The van der Waals surface area contributed by atoms with Crippen LogP contribution in [-0.2, 0) is 16.9 Å². The van der Waals surface area contributed by atoms with Gasteiger partial charge in [-0.25, -0.2) is 0 Å². The Hall–Kier alpha value is -2.04. The minimum Gasteiger partial charge on any atom is -0.495 e. The second-order valence-corrected chi connectivity index (χ2v) is 5.22. The number of rotatable bonds is 4. The predicted molar refractivity (Wildman–Crippen MR) is 81.5 cm³/mol. The smallest absolute Gasteiger partial charge is 0.141 e. The van der Waals surface area contributed by atoms with Gasteiger partial charge in [0.1, 0.15) is 11.3 Å². The minimum absolute atomic E-state index is 0.0535. The van der Waals surface area contributed by atoms with Crippen LogP contribution in [0.1, 0.15) is 11.1 Å². The number of hydrogen-bond acceptors (Lipinski definition) is 4. The van der Waals surface area contributed by atoms with Gasteiger partial charge in [0.25, 0.3) is 0 Å². The number of benzene rings is 2. The third kappa shape index (κ3) is 2.48. The molecule has 0 bridgehead atoms. The molecule has 4 nitrogen and oxygen atoms in total. The molecule has 0 aliphatic carbocycles. The summed E-state index contributed by atoms with van der Waals surface area (Å²) in [4.78, 5) is 0. The van der Waals surface area contributed by atoms with E-state index < -0.39 is 5.54 Å². The largest absolute Gasteiger partial charge is 0.495 e. The summed E-state index contributed by atoms with van der Waals surface area (Å²) >= 11 is 0. The van der Waals surface area contributed by atoms with Crippen molar-refractivity contribution >= 4 is 5.69 Å². The van der Waals surface area contributed by atoms with Crippen LogP contribution in [0.3, 0.4) is 0 Å². The highest BCUT2D eigenvalue weighted by molar-refractivity contribution is 5.59. The third-order valence-electron chi connectivity index (χ3n) is 3.89. The summed E-state index contributed by atoms with van der Waals surface area (Å²) in [6.07, 6.45) is 0. The van der Waals surface area contributed by atoms with Gasteiger partial charge in [-0.3, -0.25) is 0 Å². The molecule has 1 aliphatic heterocycles. The lowest BCUT2D eigenvalue weighted by Crippen LogP contribution is -2.46. The zero-order chi connectivity index (χ0) is 14.7. The van der Waals surface area contributed by atoms with E-state index in [1.807, 2.05) is 48.5 Å². The quantitative estimate of drug-likeness (QED) is 0.906. The van der Waals surface area contributed by atoms with Crippen molar-refractivity contribution < 1.29 is 14.6 Å². The molecule has 0 saturated carbocycles. The molecule has 21 heavy (non-hydrogen) atoms. The Kier molecular flexibility index (Phi) is 3.82. The Bertz CT molecular complexity index is 629. The summed E-state index contributed by atoms with van der Waals surface area (Å²) in [5.41, 5.74) is 2.36. The lowest BCUT2D eigenvalue weighted by Gasteiger charge is -2.39. The molecule has 0 radical (unpaired) electrons. The molecule has 0 aromatic heterocycles. The van der Waals surface area contributed by atoms with Crippen LogP contribution >= 0.6 is 0 Å². The molecule has 2 N–H and O–H groups in total. The van der Waals surface area contributed by atoms with E-state index in [2.05, 4.69) is 5.32 Å². The molecule has 1 unspecified atom stereocenters. The maximum atomic E-state index is 10.0. The minimum atomic E-state index is -0.649. The number of aliphatic hydroxyl groups excluding tert-OH is 1. The van der Waals surface area contributed by atoms with Crippen molar-refractivity contribution in [3.8, 4) is 5.75 Å². The van der Waals surface area contributed by atoms with Crippen LogP contribution < -0.4 is 10.1 Å². The van der Waals surface area contributed by atoms with E-state index in [1.54, 1.807) is 7.11 Å². The monoisotopic (exact) mass is 285 g/mol. The normalized spacial score (nSPS) is 20.7. The number of methoxy groups -OCH3 is 1. The fourth-order valence-corrected chi connectivity index (χ4v) is 2.81. The average molecular weight is 285 g/mol. The maximum Gasteiger partial charge on any atom is 0.141 e. The number of hydrogen-bond donors (Lipinski definition) is 2. The lowest BCUT2D eigenvalue weighted by molar-refractivity contribution is 0.0357. The van der Waals surface area contributed by atoms with E-state index in [-0.39, 0.29) is 6.61 Å². The van der Waals surface area contributed by atoms with Crippen LogP contribution in [0.25, 0.3) is 0 Å². The Morgan fingerprint density at radius 3 is 2.76 bits per heavy atom. The zero-order valence-corrected chi connectivity index (χ0v) is 12.0. The van der Waals surface area contributed by atoms with Crippen LogP contribution in [-0.4, -0.2) is 25.4 Å². The topological polar surface area (TPSA) is 50.7 Å². The van der Waals surface area contributed by atoms with Crippen molar-refractivity contribution in [2.75, 3.05) is 25.6 Å². The molecular formula is C17H19NO3. The Balaban J connectivity index is 2.02. The summed E-state index contributed by atoms with van der Waals surface area (Å²) < 4.78 is 11.1. The van der Waals surface area contributed by atoms with Crippen LogP contribution in [0.15, 0.2) is 48.5 Å². The highest BCUT2D eigenvalue weighted by Crippen LogP contribution is 2.36. The fraction of sp³-hybridized carbons (Fsp3) is 0.294. The van der Waals surface area contributed by atoms with E-state index in [1.165, 1.54) is 0 Å². The van der Waals surface area contributed by atoms with Gasteiger partial charge in [-0.1, -0.05) is 36.4 Å². The molecule has 4 heteroatoms. The van der Waals surface area contributed by atoms with Crippen molar-refractivity contribution in [2.45, 2.75) is 12.1 Å². The molecule has 2 aromatic carbocycles. The number of ether oxygens (including phenoxy) is 2. The van der Waals surface area contributed by atoms with Gasteiger partial charge in [0.2, 0.25) is 0 Å². The van der Waals surface area contributed by atoms with E-state index in [0.717, 1.165) is 22.6 Å². The summed E-state index contributed by atoms with van der Waals surface area (Å²) in [7, 11) is 1.64. The summed E-state index contributed by atoms with van der Waals surface area (Å²) in [5, 5.41) is 13.4. The molecule has 2 aromatic rings. The Morgan fingerprint density at radius 1 is 1.19 bits per heavy atom. The first-order valence-corrected chi connectivity index (χ1v) is 6.97. The standard InChI is InChI=1S/C17H19NO3/c1-20-16-9-5-4-8-15(16)18-17(11-19)12-21-10-13-6-2-3-7-14(13)17/h2-9,18-19H,10-12H2,1H3. The molecule has 3 rings (SSSR count). The Labute approximate surface area is 124 Å². The van der Waals surface area contributed by atoms with Gasteiger partial charge in [0.05, 0.1) is 32.6 Å². The third-order valence-corrected chi connectivity index (χ3v) is 3.89. The highest BCUT2D eigenvalue weighted by atomic mass is 16.5. The second-order valence-electron chi connectivity index (χ2n) is 5.22. The van der Waals surface area contributed by atoms with Crippen molar-refractivity contribution in [2.24, 2.45) is 0 Å². The summed E-state index contributed by atoms with van der Waals surface area (Å²) in [6, 6.07) is 15.7. The SMILES string of the molecule is COc1ccccc1NC1(CO)COCc2ccccc21. The van der Waals surface area contributed by atoms with Crippen molar-refractivity contribution in [3.05, 3.63) is 59.7 Å². The number of anilines is 1. The summed E-state index contributed by atoms with van der Waals surface area (Å²) in [5.74, 6) is 0.744. The van der Waals surface area contributed by atoms with Crippen LogP contribution in [0, 0.1) is 0 Å². The molecule has 1 aliphatic rings. The van der Waals surface area contributed by atoms with Gasteiger partial charge < -0.3 is 19.9 Å². The van der Waals surface area contributed by atoms with Gasteiger partial charge in [-0.05, 0) is 23.3 Å². The highest BCUT2D eigenvalue weighted by Gasteiger charge is 2.37. The molecule has 0 saturated heterocycles. The molecule has 0 fully saturated rings. The van der Waals surface area contributed by atoms with Gasteiger partial charge in [0.15, 0.2) is 0 Å². The van der Waals surface area contributed by atoms with E-state index in [4.69, 9.17) is 9.47 Å². The van der Waals surface area contributed by atoms with Crippen LogP contribution in [0.5, 0.6) is 5.75 Å². The second kappa shape index (κ2) is 5.76.